The third kappa shape index (κ3) is 5.27. The number of nitrogens with one attached hydrogen (secondary N) is 1. The third-order valence-corrected chi connectivity index (χ3v) is 5.54. The molecule has 2 atom stereocenters. The molecular formula is C17H28N4O2S. The zero-order valence-corrected chi connectivity index (χ0v) is 15.6. The predicted octanol–water partition coefficient (Wildman–Crippen LogP) is 1.51. The highest BCUT2D eigenvalue weighted by molar-refractivity contribution is 7.09. The standard InChI is InChI=1S/C17H28N4O2S/c1-11(2)17-20-15(10-24-17)6-7-19-16(23)13-4-5-14(18)9-21(8-13)12(3)22/h10-11,13-14H,4-9,18H2,1-3H3,(H,19,23)/t13-,14+/m1/s1. The largest absolute Gasteiger partial charge is 0.355 e. The summed E-state index contributed by atoms with van der Waals surface area (Å²) in [5.74, 6) is 0.249. The minimum atomic E-state index is -0.177. The number of nitrogens with zero attached hydrogens (tertiary/aromatic N) is 2. The zero-order valence-electron chi connectivity index (χ0n) is 14.7. The van der Waals surface area contributed by atoms with E-state index in [1.54, 1.807) is 16.2 Å². The number of hydrogen-bond donors (Lipinski definition) is 2. The first-order valence-corrected chi connectivity index (χ1v) is 9.48. The zero-order chi connectivity index (χ0) is 17.7. The van der Waals surface area contributed by atoms with Gasteiger partial charge in [-0.3, -0.25) is 9.59 Å². The molecule has 1 fully saturated rings. The molecule has 3 N–H and O–H groups in total. The van der Waals surface area contributed by atoms with Crippen molar-refractivity contribution >= 4 is 23.2 Å². The Kier molecular flexibility index (Phi) is 6.74. The fourth-order valence-electron chi connectivity index (χ4n) is 2.85. The van der Waals surface area contributed by atoms with Gasteiger partial charge in [0.05, 0.1) is 16.6 Å². The van der Waals surface area contributed by atoms with Gasteiger partial charge in [0.1, 0.15) is 0 Å². The number of rotatable bonds is 5. The number of carbonyl (C=O) groups is 2. The summed E-state index contributed by atoms with van der Waals surface area (Å²) in [7, 11) is 0. The van der Waals surface area contributed by atoms with Gasteiger partial charge in [-0.1, -0.05) is 13.8 Å². The van der Waals surface area contributed by atoms with Crippen molar-refractivity contribution in [2.24, 2.45) is 11.7 Å². The highest BCUT2D eigenvalue weighted by Crippen LogP contribution is 2.19. The van der Waals surface area contributed by atoms with Gasteiger partial charge in [-0.2, -0.15) is 0 Å². The summed E-state index contributed by atoms with van der Waals surface area (Å²) in [5, 5.41) is 6.18. The first kappa shape index (κ1) is 18.9. The molecule has 0 radical (unpaired) electrons. The van der Waals surface area contributed by atoms with E-state index >= 15 is 0 Å². The lowest BCUT2D eigenvalue weighted by atomic mass is 10.0. The molecule has 0 unspecified atom stereocenters. The van der Waals surface area contributed by atoms with Crippen molar-refractivity contribution in [3.8, 4) is 0 Å². The summed E-state index contributed by atoms with van der Waals surface area (Å²) < 4.78 is 0. The molecule has 0 saturated carbocycles. The van der Waals surface area contributed by atoms with Crippen molar-refractivity contribution in [3.05, 3.63) is 16.1 Å². The highest BCUT2D eigenvalue weighted by atomic mass is 32.1. The van der Waals surface area contributed by atoms with Crippen LogP contribution in [0, 0.1) is 5.92 Å². The molecule has 0 aromatic carbocycles. The number of nitrogens with two attached hydrogens (primary N) is 1. The second kappa shape index (κ2) is 8.58. The van der Waals surface area contributed by atoms with Crippen molar-refractivity contribution < 1.29 is 9.59 Å². The lowest BCUT2D eigenvalue weighted by Crippen LogP contribution is -2.42. The molecule has 7 heteroatoms. The van der Waals surface area contributed by atoms with Crippen molar-refractivity contribution in [1.82, 2.24) is 15.2 Å². The minimum absolute atomic E-state index is 0.00895. The van der Waals surface area contributed by atoms with Crippen LogP contribution in [0.1, 0.15) is 50.2 Å². The number of likely N-dealkylation sites (tertiary alicyclic amines) is 1. The normalized spacial score (nSPS) is 21.6. The fourth-order valence-corrected chi connectivity index (χ4v) is 3.72. The number of thiazole rings is 1. The SMILES string of the molecule is CC(=O)N1C[C@@H](N)CC[C@@H](C(=O)NCCc2csc(C(C)C)n2)C1. The maximum absolute atomic E-state index is 12.4. The Morgan fingerprint density at radius 1 is 1.42 bits per heavy atom. The van der Waals surface area contributed by atoms with Crippen LogP contribution in [0.4, 0.5) is 0 Å². The minimum Gasteiger partial charge on any atom is -0.355 e. The van der Waals surface area contributed by atoms with Gasteiger partial charge in [0.25, 0.3) is 0 Å². The van der Waals surface area contributed by atoms with Gasteiger partial charge in [-0.15, -0.1) is 11.3 Å². The Hall–Kier alpha value is -1.47. The quantitative estimate of drug-likeness (QED) is 0.841. The van der Waals surface area contributed by atoms with Crippen LogP contribution in [-0.2, 0) is 16.0 Å². The molecule has 0 bridgehead atoms. The highest BCUT2D eigenvalue weighted by Gasteiger charge is 2.28. The third-order valence-electron chi connectivity index (χ3n) is 4.34. The average Bonchev–Trinajstić information content (AvgIpc) is 2.89. The Labute approximate surface area is 147 Å². The fraction of sp³-hybridized carbons (Fsp3) is 0.706. The van der Waals surface area contributed by atoms with Gasteiger partial charge in [-0.05, 0) is 12.8 Å². The number of carbonyl (C=O) groups excluding carboxylic acids is 2. The Morgan fingerprint density at radius 2 is 2.17 bits per heavy atom. The molecule has 1 aromatic heterocycles. The van der Waals surface area contributed by atoms with Gasteiger partial charge in [0, 0.05) is 50.3 Å². The van der Waals surface area contributed by atoms with Crippen LogP contribution < -0.4 is 11.1 Å². The Bertz CT molecular complexity index is 573. The molecule has 1 aliphatic rings. The summed E-state index contributed by atoms with van der Waals surface area (Å²) in [5.41, 5.74) is 7.02. The maximum atomic E-state index is 12.4. The molecule has 2 rings (SSSR count). The van der Waals surface area contributed by atoms with Crippen LogP contribution in [0.5, 0.6) is 0 Å². The van der Waals surface area contributed by atoms with E-state index in [2.05, 4.69) is 29.5 Å². The Morgan fingerprint density at radius 3 is 2.79 bits per heavy atom. The first-order chi connectivity index (χ1) is 11.4. The van der Waals surface area contributed by atoms with Crippen LogP contribution in [0.2, 0.25) is 0 Å². The van der Waals surface area contributed by atoms with E-state index in [9.17, 15) is 9.59 Å². The lowest BCUT2D eigenvalue weighted by molar-refractivity contribution is -0.131. The van der Waals surface area contributed by atoms with Gasteiger partial charge in [0.2, 0.25) is 11.8 Å². The van der Waals surface area contributed by atoms with E-state index in [0.717, 1.165) is 30.0 Å². The van der Waals surface area contributed by atoms with Crippen molar-refractivity contribution in [2.45, 2.75) is 52.0 Å². The summed E-state index contributed by atoms with van der Waals surface area (Å²) in [6, 6.07) is -0.0452. The van der Waals surface area contributed by atoms with E-state index in [-0.39, 0.29) is 23.8 Å². The van der Waals surface area contributed by atoms with Crippen LogP contribution >= 0.6 is 11.3 Å². The number of amides is 2. The molecular weight excluding hydrogens is 324 g/mol. The smallest absolute Gasteiger partial charge is 0.224 e. The number of aromatic nitrogens is 1. The molecule has 2 heterocycles. The molecule has 0 spiro atoms. The maximum Gasteiger partial charge on any atom is 0.224 e. The lowest BCUT2D eigenvalue weighted by Gasteiger charge is -2.23. The van der Waals surface area contributed by atoms with Crippen molar-refractivity contribution in [1.29, 1.82) is 0 Å². The molecule has 6 nitrogen and oxygen atoms in total. The second-order valence-electron chi connectivity index (χ2n) is 6.83. The van der Waals surface area contributed by atoms with Crippen LogP contribution in [0.25, 0.3) is 0 Å². The summed E-state index contributed by atoms with van der Waals surface area (Å²) in [4.78, 5) is 30.3. The van der Waals surface area contributed by atoms with Crippen LogP contribution in [-0.4, -0.2) is 47.4 Å². The van der Waals surface area contributed by atoms with Gasteiger partial charge in [0.15, 0.2) is 0 Å². The molecule has 1 aromatic rings. The van der Waals surface area contributed by atoms with E-state index in [1.807, 2.05) is 0 Å². The molecule has 0 aliphatic carbocycles. The molecule has 1 saturated heterocycles. The van der Waals surface area contributed by atoms with Crippen molar-refractivity contribution in [3.63, 3.8) is 0 Å². The van der Waals surface area contributed by atoms with Crippen molar-refractivity contribution in [2.75, 3.05) is 19.6 Å². The molecule has 24 heavy (non-hydrogen) atoms. The van der Waals surface area contributed by atoms with Gasteiger partial charge >= 0.3 is 0 Å². The Balaban J connectivity index is 1.83. The second-order valence-corrected chi connectivity index (χ2v) is 7.72. The van der Waals surface area contributed by atoms with Crippen LogP contribution in [0.3, 0.4) is 0 Å². The molecule has 2 amide bonds. The topological polar surface area (TPSA) is 88.3 Å². The van der Waals surface area contributed by atoms with E-state index in [0.29, 0.717) is 25.6 Å². The monoisotopic (exact) mass is 352 g/mol. The summed E-state index contributed by atoms with van der Waals surface area (Å²) in [6.45, 7) is 7.35. The average molecular weight is 353 g/mol. The summed E-state index contributed by atoms with van der Waals surface area (Å²) in [6.07, 6.45) is 2.23. The van der Waals surface area contributed by atoms with E-state index in [4.69, 9.17) is 5.73 Å². The van der Waals surface area contributed by atoms with Gasteiger partial charge < -0.3 is 16.0 Å². The summed E-state index contributed by atoms with van der Waals surface area (Å²) >= 11 is 1.67. The molecule has 1 aliphatic heterocycles. The first-order valence-electron chi connectivity index (χ1n) is 8.60. The number of hydrogen-bond acceptors (Lipinski definition) is 5. The molecule has 134 valence electrons. The van der Waals surface area contributed by atoms with Crippen LogP contribution in [0.15, 0.2) is 5.38 Å². The van der Waals surface area contributed by atoms with Gasteiger partial charge in [-0.25, -0.2) is 4.98 Å². The van der Waals surface area contributed by atoms with E-state index in [1.165, 1.54) is 6.92 Å². The van der Waals surface area contributed by atoms with E-state index < -0.39 is 0 Å². The predicted molar refractivity (Wildman–Crippen MR) is 95.9 cm³/mol.